The quantitative estimate of drug-likeness (QED) is 0.501. The van der Waals surface area contributed by atoms with E-state index in [1.807, 2.05) is 5.32 Å². The fourth-order valence-electron chi connectivity index (χ4n) is 0.987. The Morgan fingerprint density at radius 3 is 2.29 bits per heavy atom. The molecule has 0 fully saturated rings. The van der Waals surface area contributed by atoms with Crippen molar-refractivity contribution in [1.29, 1.82) is 0 Å². The van der Waals surface area contributed by atoms with Crippen LogP contribution in [0.25, 0.3) is 0 Å². The highest BCUT2D eigenvalue weighted by atomic mass is 35.5. The van der Waals surface area contributed by atoms with E-state index in [1.54, 1.807) is 4.98 Å². The van der Waals surface area contributed by atoms with E-state index in [-0.39, 0.29) is 12.1 Å². The summed E-state index contributed by atoms with van der Waals surface area (Å²) >= 11 is 4.69. The second-order valence-corrected chi connectivity index (χ2v) is 3.47. The molecule has 1 unspecified atom stereocenters. The van der Waals surface area contributed by atoms with Gasteiger partial charge in [0.25, 0.3) is 5.56 Å². The van der Waals surface area contributed by atoms with Gasteiger partial charge in [-0.05, 0) is 12.1 Å². The second-order valence-electron chi connectivity index (χ2n) is 2.95. The van der Waals surface area contributed by atoms with Crippen molar-refractivity contribution in [2.24, 2.45) is 0 Å². The van der Waals surface area contributed by atoms with Crippen LogP contribution >= 0.6 is 11.6 Å². The van der Waals surface area contributed by atoms with Crippen molar-refractivity contribution in [3.63, 3.8) is 0 Å². The van der Waals surface area contributed by atoms with Crippen LogP contribution in [0.15, 0.2) is 16.9 Å². The van der Waals surface area contributed by atoms with Crippen molar-refractivity contribution in [3.8, 4) is 0 Å². The van der Waals surface area contributed by atoms with E-state index in [1.165, 1.54) is 0 Å². The van der Waals surface area contributed by atoms with Gasteiger partial charge in [-0.3, -0.25) is 9.59 Å². The molecule has 2 N–H and O–H groups in total. The Kier molecular flexibility index (Phi) is 3.46. The maximum Gasteiger partial charge on any atom is 0.443 e. The Morgan fingerprint density at radius 2 is 1.88 bits per heavy atom. The number of alkyl halides is 5. The van der Waals surface area contributed by atoms with Gasteiger partial charge >= 0.3 is 11.3 Å². The van der Waals surface area contributed by atoms with Crippen LogP contribution in [0.5, 0.6) is 0 Å². The highest BCUT2D eigenvalue weighted by Gasteiger charge is 2.57. The first-order chi connectivity index (χ1) is 7.70. The lowest BCUT2D eigenvalue weighted by Crippen LogP contribution is -2.35. The molecular weight excluding hydrogens is 268 g/mol. The van der Waals surface area contributed by atoms with Crippen molar-refractivity contribution < 1.29 is 22.4 Å². The molecule has 1 aromatic rings. The standard InChI is InChI=1S/C8H5ClF4N2O2/c9-7(10,8(11,12)13)5-2-1-4(14-3-16)6(17)15-5/h1-3H,(H,14,16)(H,15,17). The lowest BCUT2D eigenvalue weighted by Gasteiger charge is -2.20. The summed E-state index contributed by atoms with van der Waals surface area (Å²) in [5, 5.41) is -2.27. The molecule has 0 radical (unpaired) electrons. The Bertz CT molecular complexity index is 483. The summed E-state index contributed by atoms with van der Waals surface area (Å²) in [7, 11) is 0. The predicted octanol–water partition coefficient (Wildman–Crippen LogP) is 1.87. The van der Waals surface area contributed by atoms with E-state index in [0.29, 0.717) is 6.07 Å². The van der Waals surface area contributed by atoms with Gasteiger partial charge in [0.05, 0.1) is 5.69 Å². The largest absolute Gasteiger partial charge is 0.443 e. The average Bonchev–Trinajstić information content (AvgIpc) is 2.19. The lowest BCUT2D eigenvalue weighted by molar-refractivity contribution is -0.203. The molecule has 0 aliphatic heterocycles. The first-order valence-electron chi connectivity index (χ1n) is 4.08. The Morgan fingerprint density at radius 1 is 1.29 bits per heavy atom. The molecular formula is C8H5ClF4N2O2. The summed E-state index contributed by atoms with van der Waals surface area (Å²) < 4.78 is 49.8. The van der Waals surface area contributed by atoms with Crippen LogP contribution in [0.1, 0.15) is 5.69 Å². The van der Waals surface area contributed by atoms with Crippen LogP contribution in [-0.4, -0.2) is 17.6 Å². The van der Waals surface area contributed by atoms with Gasteiger partial charge in [-0.25, -0.2) is 4.39 Å². The highest BCUT2D eigenvalue weighted by Crippen LogP contribution is 2.44. The van der Waals surface area contributed by atoms with Crippen molar-refractivity contribution in [2.45, 2.75) is 11.3 Å². The highest BCUT2D eigenvalue weighted by molar-refractivity contribution is 6.23. The molecule has 0 aliphatic carbocycles. The van der Waals surface area contributed by atoms with E-state index in [2.05, 4.69) is 11.6 Å². The molecule has 0 bridgehead atoms. The zero-order valence-corrected chi connectivity index (χ0v) is 8.69. The molecule has 1 rings (SSSR count). The van der Waals surface area contributed by atoms with Crippen LogP contribution in [-0.2, 0) is 9.92 Å². The van der Waals surface area contributed by atoms with Crippen molar-refractivity contribution in [2.75, 3.05) is 5.32 Å². The van der Waals surface area contributed by atoms with Gasteiger partial charge in [0.15, 0.2) is 0 Å². The molecule has 0 aromatic carbocycles. The predicted molar refractivity (Wildman–Crippen MR) is 51.4 cm³/mol. The normalized spacial score (nSPS) is 15.1. The number of carbonyl (C=O) groups is 1. The van der Waals surface area contributed by atoms with Crippen LogP contribution in [0, 0.1) is 0 Å². The molecule has 9 heteroatoms. The minimum atomic E-state index is -5.38. The number of aromatic amines is 1. The maximum atomic E-state index is 13.2. The minimum absolute atomic E-state index is 0.150. The third-order valence-electron chi connectivity index (χ3n) is 1.82. The third-order valence-corrected chi connectivity index (χ3v) is 2.24. The molecule has 4 nitrogen and oxygen atoms in total. The van der Waals surface area contributed by atoms with Gasteiger partial charge in [-0.15, -0.1) is 0 Å². The first-order valence-corrected chi connectivity index (χ1v) is 4.46. The summed E-state index contributed by atoms with van der Waals surface area (Å²) in [5.41, 5.74) is -2.58. The molecule has 0 saturated carbocycles. The number of aromatic nitrogens is 1. The molecule has 94 valence electrons. The third kappa shape index (κ3) is 2.57. The number of pyridine rings is 1. The number of H-pyrrole nitrogens is 1. The average molecular weight is 273 g/mol. The van der Waals surface area contributed by atoms with Gasteiger partial charge < -0.3 is 10.3 Å². The number of halogens is 5. The smallest absolute Gasteiger partial charge is 0.324 e. The van der Waals surface area contributed by atoms with Crippen LogP contribution in [0.3, 0.4) is 0 Å². The lowest BCUT2D eigenvalue weighted by atomic mass is 10.2. The molecule has 1 heterocycles. The molecule has 0 spiro atoms. The summed E-state index contributed by atoms with van der Waals surface area (Å²) in [4.78, 5) is 22.8. The number of nitrogens with one attached hydrogen (secondary N) is 2. The fourth-order valence-corrected chi connectivity index (χ4v) is 1.10. The van der Waals surface area contributed by atoms with Gasteiger partial charge in [-0.2, -0.15) is 13.2 Å². The number of anilines is 1. The van der Waals surface area contributed by atoms with E-state index < -0.39 is 22.6 Å². The molecule has 1 aromatic heterocycles. The van der Waals surface area contributed by atoms with Crippen LogP contribution in [0.4, 0.5) is 23.2 Å². The van der Waals surface area contributed by atoms with Gasteiger partial charge in [0.2, 0.25) is 6.41 Å². The van der Waals surface area contributed by atoms with Crippen LogP contribution in [0.2, 0.25) is 0 Å². The monoisotopic (exact) mass is 272 g/mol. The molecule has 0 saturated heterocycles. The first kappa shape index (κ1) is 13.5. The van der Waals surface area contributed by atoms with Gasteiger partial charge in [0, 0.05) is 0 Å². The summed E-state index contributed by atoms with van der Waals surface area (Å²) in [6.07, 6.45) is -5.23. The fraction of sp³-hybridized carbons (Fsp3) is 0.250. The zero-order valence-electron chi connectivity index (χ0n) is 7.94. The number of rotatable bonds is 3. The number of carbonyl (C=O) groups excluding carboxylic acids is 1. The molecule has 0 aliphatic rings. The Hall–Kier alpha value is -1.57. The summed E-state index contributed by atoms with van der Waals surface area (Å²) in [6.45, 7) is 0. The summed E-state index contributed by atoms with van der Waals surface area (Å²) in [6, 6.07) is 1.43. The summed E-state index contributed by atoms with van der Waals surface area (Å²) in [5.74, 6) is 0. The van der Waals surface area contributed by atoms with Gasteiger partial charge in [-0.1, -0.05) is 11.6 Å². The van der Waals surface area contributed by atoms with Gasteiger partial charge in [0.1, 0.15) is 5.69 Å². The Balaban J connectivity index is 3.23. The van der Waals surface area contributed by atoms with E-state index in [0.717, 1.165) is 6.07 Å². The minimum Gasteiger partial charge on any atom is -0.324 e. The zero-order chi connectivity index (χ0) is 13.3. The molecule has 1 amide bonds. The van der Waals surface area contributed by atoms with E-state index in [4.69, 9.17) is 0 Å². The number of amides is 1. The Labute approximate surface area is 96.6 Å². The topological polar surface area (TPSA) is 62.0 Å². The SMILES string of the molecule is O=CNc1ccc(C(F)(Cl)C(F)(F)F)[nH]c1=O. The van der Waals surface area contributed by atoms with Crippen molar-refractivity contribution in [1.82, 2.24) is 4.98 Å². The number of hydrogen-bond donors (Lipinski definition) is 2. The maximum absolute atomic E-state index is 13.2. The van der Waals surface area contributed by atoms with Crippen molar-refractivity contribution in [3.05, 3.63) is 28.2 Å². The molecule has 1 atom stereocenters. The van der Waals surface area contributed by atoms with E-state index >= 15 is 0 Å². The van der Waals surface area contributed by atoms with E-state index in [9.17, 15) is 27.2 Å². The number of hydrogen-bond acceptors (Lipinski definition) is 2. The van der Waals surface area contributed by atoms with Crippen molar-refractivity contribution >= 4 is 23.7 Å². The van der Waals surface area contributed by atoms with Crippen LogP contribution < -0.4 is 10.9 Å². The second kappa shape index (κ2) is 4.36. The molecule has 17 heavy (non-hydrogen) atoms.